The molecule has 7 heteroatoms. The highest BCUT2D eigenvalue weighted by Crippen LogP contribution is 2.38. The number of nitrogens with one attached hydrogen (secondary N) is 1. The summed E-state index contributed by atoms with van der Waals surface area (Å²) in [6, 6.07) is 10.8. The van der Waals surface area contributed by atoms with E-state index in [9.17, 15) is 9.59 Å². The fourth-order valence-electron chi connectivity index (χ4n) is 5.17. The third kappa shape index (κ3) is 4.19. The van der Waals surface area contributed by atoms with E-state index < -0.39 is 0 Å². The SMILES string of the molecule is Cc1ccc(-c2nc(NC(=O)N3C[C@H]4CCC[C@H]4C3)ccc2-c2ccc(=O)n(C(C)C)c2)o1. The van der Waals surface area contributed by atoms with Crippen molar-refractivity contribution >= 4 is 11.8 Å². The predicted octanol–water partition coefficient (Wildman–Crippen LogP) is 5.32. The molecule has 1 aliphatic heterocycles. The van der Waals surface area contributed by atoms with E-state index in [2.05, 4.69) is 5.32 Å². The van der Waals surface area contributed by atoms with Crippen molar-refractivity contribution in [3.8, 4) is 22.6 Å². The first-order chi connectivity index (χ1) is 15.9. The largest absolute Gasteiger partial charge is 0.460 e. The second kappa shape index (κ2) is 8.54. The molecule has 0 spiro atoms. The molecular weight excluding hydrogens is 416 g/mol. The van der Waals surface area contributed by atoms with Gasteiger partial charge < -0.3 is 13.9 Å². The van der Waals surface area contributed by atoms with Gasteiger partial charge in [-0.15, -0.1) is 0 Å². The number of nitrogens with zero attached hydrogens (tertiary/aromatic N) is 3. The number of aryl methyl sites for hydroxylation is 1. The van der Waals surface area contributed by atoms with Crippen molar-refractivity contribution in [1.82, 2.24) is 14.5 Å². The maximum Gasteiger partial charge on any atom is 0.323 e. The van der Waals surface area contributed by atoms with E-state index in [0.29, 0.717) is 29.1 Å². The summed E-state index contributed by atoms with van der Waals surface area (Å²) in [5.41, 5.74) is 2.29. The molecule has 3 aromatic heterocycles. The Morgan fingerprint density at radius 3 is 2.52 bits per heavy atom. The first-order valence-electron chi connectivity index (χ1n) is 11.8. The molecule has 1 N–H and O–H groups in total. The molecule has 0 radical (unpaired) electrons. The molecule has 0 bridgehead atoms. The van der Waals surface area contributed by atoms with Crippen LogP contribution in [0.15, 0.2) is 51.8 Å². The van der Waals surface area contributed by atoms with Crippen LogP contribution in [0, 0.1) is 18.8 Å². The summed E-state index contributed by atoms with van der Waals surface area (Å²) in [6.07, 6.45) is 5.58. The summed E-state index contributed by atoms with van der Waals surface area (Å²) in [5.74, 6) is 3.18. The molecule has 7 nitrogen and oxygen atoms in total. The predicted molar refractivity (Wildman–Crippen MR) is 128 cm³/mol. The van der Waals surface area contributed by atoms with Crippen molar-refractivity contribution in [2.75, 3.05) is 18.4 Å². The van der Waals surface area contributed by atoms with Crippen LogP contribution in [0.25, 0.3) is 22.6 Å². The van der Waals surface area contributed by atoms with E-state index in [0.717, 1.165) is 30.0 Å². The number of hydrogen-bond donors (Lipinski definition) is 1. The van der Waals surface area contributed by atoms with Gasteiger partial charge in [-0.05, 0) is 75.8 Å². The Balaban J connectivity index is 1.47. The van der Waals surface area contributed by atoms with E-state index in [4.69, 9.17) is 9.40 Å². The summed E-state index contributed by atoms with van der Waals surface area (Å²) < 4.78 is 7.59. The molecular formula is C26H30N4O3. The fourth-order valence-corrected chi connectivity index (χ4v) is 5.17. The van der Waals surface area contributed by atoms with E-state index in [1.165, 1.54) is 19.3 Å². The zero-order valence-corrected chi connectivity index (χ0v) is 19.4. The number of hydrogen-bond acceptors (Lipinski definition) is 4. The average molecular weight is 447 g/mol. The second-order valence-corrected chi connectivity index (χ2v) is 9.55. The molecule has 2 aliphatic rings. The molecule has 5 rings (SSSR count). The van der Waals surface area contributed by atoms with Crippen LogP contribution in [0.5, 0.6) is 0 Å². The van der Waals surface area contributed by atoms with E-state index in [1.807, 2.05) is 56.1 Å². The molecule has 1 aliphatic carbocycles. The monoisotopic (exact) mass is 446 g/mol. The lowest BCUT2D eigenvalue weighted by molar-refractivity contribution is 0.218. The number of likely N-dealkylation sites (tertiary alicyclic amines) is 1. The second-order valence-electron chi connectivity index (χ2n) is 9.55. The van der Waals surface area contributed by atoms with Gasteiger partial charge in [-0.25, -0.2) is 9.78 Å². The Kier molecular flexibility index (Phi) is 5.56. The number of furan rings is 1. The van der Waals surface area contributed by atoms with Crippen LogP contribution in [-0.4, -0.2) is 33.6 Å². The summed E-state index contributed by atoms with van der Waals surface area (Å²) in [5, 5.41) is 2.99. The maximum absolute atomic E-state index is 12.9. The Hall–Kier alpha value is -3.35. The standard InChI is InChI=1S/C26H30N4O3/c1-16(2)30-15-20(8-12-24(30)31)21-9-11-23(27-25(21)22-10-7-17(3)33-22)28-26(32)29-13-18-5-4-6-19(18)14-29/h7-12,15-16,18-19H,4-6,13-14H2,1-3H3,(H,27,28,32)/t18-,19+. The minimum absolute atomic E-state index is 0.0400. The fraction of sp³-hybridized carbons (Fsp3) is 0.423. The van der Waals surface area contributed by atoms with Gasteiger partial charge in [-0.1, -0.05) is 6.42 Å². The zero-order chi connectivity index (χ0) is 23.1. The molecule has 2 fully saturated rings. The Bertz CT molecular complexity index is 1230. The van der Waals surface area contributed by atoms with Crippen molar-refractivity contribution < 1.29 is 9.21 Å². The molecule has 3 aromatic rings. The lowest BCUT2D eigenvalue weighted by Gasteiger charge is -2.18. The number of aromatic nitrogens is 2. The molecule has 1 saturated heterocycles. The van der Waals surface area contributed by atoms with Crippen LogP contribution >= 0.6 is 0 Å². The van der Waals surface area contributed by atoms with Crippen molar-refractivity contribution in [3.63, 3.8) is 0 Å². The smallest absolute Gasteiger partial charge is 0.323 e. The highest BCUT2D eigenvalue weighted by atomic mass is 16.3. The number of rotatable bonds is 4. The number of fused-ring (bicyclic) bond motifs is 1. The normalized spacial score (nSPS) is 19.8. The van der Waals surface area contributed by atoms with Gasteiger partial charge in [0.1, 0.15) is 17.3 Å². The summed E-state index contributed by atoms with van der Waals surface area (Å²) in [4.78, 5) is 31.9. The van der Waals surface area contributed by atoms with Crippen molar-refractivity contribution in [3.05, 3.63) is 58.7 Å². The first-order valence-corrected chi connectivity index (χ1v) is 11.8. The van der Waals surface area contributed by atoms with Gasteiger partial charge >= 0.3 is 6.03 Å². The lowest BCUT2D eigenvalue weighted by atomic mass is 10.0. The molecule has 4 heterocycles. The minimum atomic E-state index is -0.0976. The van der Waals surface area contributed by atoms with Crippen molar-refractivity contribution in [1.29, 1.82) is 0 Å². The van der Waals surface area contributed by atoms with Crippen LogP contribution < -0.4 is 10.9 Å². The third-order valence-corrected chi connectivity index (χ3v) is 6.92. The molecule has 172 valence electrons. The number of carbonyl (C=O) groups is 1. The van der Waals surface area contributed by atoms with Crippen LogP contribution in [0.3, 0.4) is 0 Å². The molecule has 1 saturated carbocycles. The van der Waals surface area contributed by atoms with Crippen molar-refractivity contribution in [2.45, 2.75) is 46.1 Å². The van der Waals surface area contributed by atoms with Gasteiger partial charge in [0.05, 0.1) is 0 Å². The number of urea groups is 1. The minimum Gasteiger partial charge on any atom is -0.460 e. The Morgan fingerprint density at radius 2 is 1.85 bits per heavy atom. The first kappa shape index (κ1) is 21.5. The third-order valence-electron chi connectivity index (χ3n) is 6.92. The summed E-state index contributed by atoms with van der Waals surface area (Å²) >= 11 is 0. The van der Waals surface area contributed by atoms with Crippen molar-refractivity contribution in [2.24, 2.45) is 11.8 Å². The number of anilines is 1. The summed E-state index contributed by atoms with van der Waals surface area (Å²) in [7, 11) is 0. The van der Waals surface area contributed by atoms with Crippen LogP contribution in [-0.2, 0) is 0 Å². The highest BCUT2D eigenvalue weighted by Gasteiger charge is 2.38. The van der Waals surface area contributed by atoms with E-state index in [1.54, 1.807) is 16.7 Å². The average Bonchev–Trinajstić information content (AvgIpc) is 3.50. The summed E-state index contributed by atoms with van der Waals surface area (Å²) in [6.45, 7) is 7.50. The number of pyridine rings is 2. The van der Waals surface area contributed by atoms with Gasteiger partial charge in [0, 0.05) is 42.5 Å². The van der Waals surface area contributed by atoms with Crippen LogP contribution in [0.4, 0.5) is 10.6 Å². The maximum atomic E-state index is 12.9. The van der Waals surface area contributed by atoms with E-state index >= 15 is 0 Å². The highest BCUT2D eigenvalue weighted by molar-refractivity contribution is 5.90. The molecule has 2 amide bonds. The van der Waals surface area contributed by atoms with Crippen LogP contribution in [0.2, 0.25) is 0 Å². The van der Waals surface area contributed by atoms with Gasteiger partial charge in [-0.2, -0.15) is 0 Å². The van der Waals surface area contributed by atoms with Gasteiger partial charge in [-0.3, -0.25) is 10.1 Å². The van der Waals surface area contributed by atoms with Crippen LogP contribution in [0.1, 0.15) is 44.9 Å². The van der Waals surface area contributed by atoms with Gasteiger partial charge in [0.15, 0.2) is 5.76 Å². The molecule has 0 aromatic carbocycles. The molecule has 33 heavy (non-hydrogen) atoms. The quantitative estimate of drug-likeness (QED) is 0.588. The molecule has 2 atom stereocenters. The number of amides is 2. The lowest BCUT2D eigenvalue weighted by Crippen LogP contribution is -2.33. The van der Waals surface area contributed by atoms with E-state index in [-0.39, 0.29) is 17.6 Å². The molecule has 0 unspecified atom stereocenters. The Morgan fingerprint density at radius 1 is 1.09 bits per heavy atom. The Labute approximate surface area is 193 Å². The van der Waals surface area contributed by atoms with Gasteiger partial charge in [0.25, 0.3) is 5.56 Å². The number of carbonyl (C=O) groups excluding carboxylic acids is 1. The van der Waals surface area contributed by atoms with Gasteiger partial charge in [0.2, 0.25) is 0 Å². The topological polar surface area (TPSA) is 80.4 Å². The zero-order valence-electron chi connectivity index (χ0n) is 19.4.